The van der Waals surface area contributed by atoms with Crippen molar-refractivity contribution in [3.8, 4) is 0 Å². The molecule has 0 amide bonds. The summed E-state index contributed by atoms with van der Waals surface area (Å²) in [5.41, 5.74) is 11.0. The van der Waals surface area contributed by atoms with Crippen LogP contribution in [0.1, 0.15) is 19.4 Å². The molecule has 0 aromatic carbocycles. The van der Waals surface area contributed by atoms with Crippen LogP contribution in [0.5, 0.6) is 0 Å². The van der Waals surface area contributed by atoms with Crippen LogP contribution in [-0.4, -0.2) is 12.0 Å². The first kappa shape index (κ1) is 14.8. The highest BCUT2D eigenvalue weighted by Gasteiger charge is 1.92. The highest BCUT2D eigenvalue weighted by atomic mass is 32.1. The molecule has 1 heterocycles. The van der Waals surface area contributed by atoms with Crippen molar-refractivity contribution in [2.24, 2.45) is 5.73 Å². The third kappa shape index (κ3) is 6.42. The minimum atomic E-state index is 0.490. The van der Waals surface area contributed by atoms with Gasteiger partial charge >= 0.3 is 0 Å². The monoisotopic (exact) mass is 201 g/mol. The number of aryl methyl sites for hydroxylation is 1. The smallest absolute Gasteiger partial charge is 0.136 e. The van der Waals surface area contributed by atoms with Gasteiger partial charge in [-0.15, -0.1) is 12.6 Å². The largest absolute Gasteiger partial charge is 0.383 e. The maximum Gasteiger partial charge on any atom is 0.136 e. The fourth-order valence-electron chi connectivity index (χ4n) is 0.564. The molecular weight excluding hydrogens is 182 g/mol. The van der Waals surface area contributed by atoms with Crippen molar-refractivity contribution in [3.05, 3.63) is 17.8 Å². The molecule has 0 aliphatic carbocycles. The van der Waals surface area contributed by atoms with Gasteiger partial charge in [0.05, 0.1) is 0 Å². The molecule has 0 radical (unpaired) electrons. The first-order chi connectivity index (χ1) is 6.20. The van der Waals surface area contributed by atoms with Gasteiger partial charge in [0.15, 0.2) is 0 Å². The lowest BCUT2D eigenvalue weighted by molar-refractivity contribution is 1.21. The van der Waals surface area contributed by atoms with Gasteiger partial charge in [-0.2, -0.15) is 0 Å². The maximum absolute atomic E-state index is 5.40. The Kier molecular flexibility index (Phi) is 10.6. The number of nitrogens with zero attached hydrogens (tertiary/aromatic N) is 1. The molecule has 76 valence electrons. The Morgan fingerprint density at radius 2 is 1.77 bits per heavy atom. The molecule has 0 bridgehead atoms. The van der Waals surface area contributed by atoms with E-state index in [4.69, 9.17) is 5.73 Å². The first-order valence-electron chi connectivity index (χ1n) is 4.19. The molecule has 0 saturated carbocycles. The Bertz CT molecular complexity index is 226. The quantitative estimate of drug-likeness (QED) is 0.561. The molecule has 1 aromatic rings. The second-order valence-corrected chi connectivity index (χ2v) is 2.40. The standard InChI is InChI=1S/C6H8N2S.C2H6.CH5N/c1-4-2-5(9)6(7)8-3-4;2*1-2/h2-3,9H,1H3,(H2,7,8);1-2H3;2H2,1H3. The number of anilines is 1. The van der Waals surface area contributed by atoms with Gasteiger partial charge < -0.3 is 11.5 Å². The number of hydrogen-bond donors (Lipinski definition) is 3. The number of pyridine rings is 1. The number of nitrogen functional groups attached to an aromatic ring is 1. The van der Waals surface area contributed by atoms with Crippen LogP contribution in [0, 0.1) is 6.92 Å². The second kappa shape index (κ2) is 9.35. The van der Waals surface area contributed by atoms with Crippen LogP contribution in [0.4, 0.5) is 5.82 Å². The Morgan fingerprint density at radius 3 is 2.08 bits per heavy atom. The van der Waals surface area contributed by atoms with E-state index in [9.17, 15) is 0 Å². The van der Waals surface area contributed by atoms with Gasteiger partial charge in [-0.25, -0.2) is 4.98 Å². The summed E-state index contributed by atoms with van der Waals surface area (Å²) in [5, 5.41) is 0. The van der Waals surface area contributed by atoms with Crippen molar-refractivity contribution < 1.29 is 0 Å². The normalized spacial score (nSPS) is 7.54. The van der Waals surface area contributed by atoms with Gasteiger partial charge in [0.2, 0.25) is 0 Å². The fourth-order valence-corrected chi connectivity index (χ4v) is 0.826. The average molecular weight is 201 g/mol. The van der Waals surface area contributed by atoms with Crippen LogP contribution in [0.15, 0.2) is 17.2 Å². The van der Waals surface area contributed by atoms with E-state index in [1.807, 2.05) is 26.8 Å². The lowest BCUT2D eigenvalue weighted by Crippen LogP contribution is -1.90. The lowest BCUT2D eigenvalue weighted by atomic mass is 10.3. The van der Waals surface area contributed by atoms with Gasteiger partial charge in [-0.3, -0.25) is 0 Å². The molecular formula is C9H19N3S. The third-order valence-corrected chi connectivity index (χ3v) is 1.39. The minimum absolute atomic E-state index is 0.490. The zero-order valence-corrected chi connectivity index (χ0v) is 9.60. The number of rotatable bonds is 0. The molecule has 0 fully saturated rings. The molecule has 3 nitrogen and oxygen atoms in total. The lowest BCUT2D eigenvalue weighted by Gasteiger charge is -1.96. The highest BCUT2D eigenvalue weighted by molar-refractivity contribution is 7.80. The van der Waals surface area contributed by atoms with Crippen LogP contribution in [0.2, 0.25) is 0 Å². The van der Waals surface area contributed by atoms with E-state index in [1.54, 1.807) is 6.20 Å². The SMILES string of the molecule is CC.CN.Cc1cnc(N)c(S)c1. The average Bonchev–Trinajstić information content (AvgIpc) is 2.18. The number of hydrogen-bond acceptors (Lipinski definition) is 4. The summed E-state index contributed by atoms with van der Waals surface area (Å²) in [7, 11) is 1.50. The molecule has 0 unspecified atom stereocenters. The van der Waals surface area contributed by atoms with Crippen LogP contribution >= 0.6 is 12.6 Å². The number of aromatic nitrogens is 1. The number of nitrogens with two attached hydrogens (primary N) is 2. The molecule has 0 spiro atoms. The summed E-state index contributed by atoms with van der Waals surface area (Å²) in [4.78, 5) is 4.62. The van der Waals surface area contributed by atoms with Crippen molar-refractivity contribution >= 4 is 18.4 Å². The van der Waals surface area contributed by atoms with Crippen molar-refractivity contribution in [3.63, 3.8) is 0 Å². The molecule has 0 atom stereocenters. The van der Waals surface area contributed by atoms with Crippen molar-refractivity contribution in [1.82, 2.24) is 4.98 Å². The van der Waals surface area contributed by atoms with E-state index >= 15 is 0 Å². The van der Waals surface area contributed by atoms with E-state index in [0.717, 1.165) is 10.5 Å². The molecule has 0 saturated heterocycles. The van der Waals surface area contributed by atoms with Crippen molar-refractivity contribution in [2.45, 2.75) is 25.7 Å². The van der Waals surface area contributed by atoms with Gasteiger partial charge in [-0.05, 0) is 25.6 Å². The summed E-state index contributed by atoms with van der Waals surface area (Å²) < 4.78 is 0. The Hall–Kier alpha value is -0.740. The van der Waals surface area contributed by atoms with E-state index in [-0.39, 0.29) is 0 Å². The van der Waals surface area contributed by atoms with Crippen LogP contribution in [0.3, 0.4) is 0 Å². The molecule has 1 aromatic heterocycles. The van der Waals surface area contributed by atoms with Gasteiger partial charge in [0.25, 0.3) is 0 Å². The van der Waals surface area contributed by atoms with Gasteiger partial charge in [0, 0.05) is 11.1 Å². The minimum Gasteiger partial charge on any atom is -0.383 e. The fraction of sp³-hybridized carbons (Fsp3) is 0.444. The summed E-state index contributed by atoms with van der Waals surface area (Å²) in [6.07, 6.45) is 1.72. The topological polar surface area (TPSA) is 64.9 Å². The van der Waals surface area contributed by atoms with Crippen molar-refractivity contribution in [1.29, 1.82) is 0 Å². The predicted molar refractivity (Wildman–Crippen MR) is 62.1 cm³/mol. The maximum atomic E-state index is 5.40. The summed E-state index contributed by atoms with van der Waals surface area (Å²) in [5.74, 6) is 0.490. The van der Waals surface area contributed by atoms with E-state index in [0.29, 0.717) is 5.82 Å². The van der Waals surface area contributed by atoms with E-state index < -0.39 is 0 Å². The molecule has 4 heteroatoms. The second-order valence-electron chi connectivity index (χ2n) is 1.92. The van der Waals surface area contributed by atoms with Crippen molar-refractivity contribution in [2.75, 3.05) is 12.8 Å². The summed E-state index contributed by atoms with van der Waals surface area (Å²) in [6, 6.07) is 1.88. The predicted octanol–water partition coefficient (Wildman–Crippen LogP) is 1.86. The molecule has 4 N–H and O–H groups in total. The highest BCUT2D eigenvalue weighted by Crippen LogP contribution is 2.13. The third-order valence-electron chi connectivity index (χ3n) is 1.03. The first-order valence-corrected chi connectivity index (χ1v) is 4.63. The molecule has 1 rings (SSSR count). The Balaban J connectivity index is 0. The van der Waals surface area contributed by atoms with E-state index in [1.165, 1.54) is 7.05 Å². The van der Waals surface area contributed by atoms with Crippen LogP contribution in [-0.2, 0) is 0 Å². The van der Waals surface area contributed by atoms with Gasteiger partial charge in [-0.1, -0.05) is 13.8 Å². The molecule has 13 heavy (non-hydrogen) atoms. The van der Waals surface area contributed by atoms with E-state index in [2.05, 4.69) is 23.3 Å². The summed E-state index contributed by atoms with van der Waals surface area (Å²) >= 11 is 4.08. The Labute approximate surface area is 86.0 Å². The van der Waals surface area contributed by atoms with Crippen LogP contribution < -0.4 is 11.5 Å². The number of thiol groups is 1. The zero-order valence-electron chi connectivity index (χ0n) is 8.70. The van der Waals surface area contributed by atoms with Gasteiger partial charge in [0.1, 0.15) is 5.82 Å². The molecule has 0 aliphatic rings. The molecule has 0 aliphatic heterocycles. The Morgan fingerprint density at radius 1 is 1.31 bits per heavy atom. The zero-order chi connectivity index (χ0) is 10.9. The van der Waals surface area contributed by atoms with Crippen LogP contribution in [0.25, 0.3) is 0 Å². The summed E-state index contributed by atoms with van der Waals surface area (Å²) in [6.45, 7) is 5.95.